The van der Waals surface area contributed by atoms with Crippen LogP contribution < -0.4 is 5.32 Å². The molecule has 0 spiro atoms. The van der Waals surface area contributed by atoms with Crippen molar-refractivity contribution in [2.24, 2.45) is 0 Å². The average Bonchev–Trinajstić information content (AvgIpc) is 2.84. The lowest BCUT2D eigenvalue weighted by Gasteiger charge is -2.34. The molecule has 162 valence electrons. The molecule has 6 nitrogen and oxygen atoms in total. The number of rotatable bonds is 4. The summed E-state index contributed by atoms with van der Waals surface area (Å²) in [5, 5.41) is 14.0. The fraction of sp³-hybridized carbons (Fsp3) is 0.0870. The molecular formula is C23H15Cl3N2O4. The first-order valence-electron chi connectivity index (χ1n) is 9.43. The van der Waals surface area contributed by atoms with Gasteiger partial charge in [0.25, 0.3) is 11.8 Å². The fourth-order valence-corrected chi connectivity index (χ4v) is 4.10. The number of benzene rings is 3. The van der Waals surface area contributed by atoms with Crippen molar-refractivity contribution in [1.29, 1.82) is 0 Å². The van der Waals surface area contributed by atoms with E-state index in [4.69, 9.17) is 34.8 Å². The normalized spacial score (nSPS) is 16.7. The summed E-state index contributed by atoms with van der Waals surface area (Å²) in [6, 6.07) is 14.1. The minimum absolute atomic E-state index is 0.124. The third kappa shape index (κ3) is 4.17. The van der Waals surface area contributed by atoms with Gasteiger partial charge in [-0.05, 0) is 53.6 Å². The number of carbonyl (C=O) groups excluding carboxylic acids is 2. The van der Waals surface area contributed by atoms with E-state index in [0.29, 0.717) is 26.2 Å². The van der Waals surface area contributed by atoms with Gasteiger partial charge < -0.3 is 15.3 Å². The van der Waals surface area contributed by atoms with Crippen molar-refractivity contribution >= 4 is 58.3 Å². The van der Waals surface area contributed by atoms with Crippen LogP contribution in [0.15, 0.2) is 66.7 Å². The number of hydrogen-bond acceptors (Lipinski definition) is 3. The molecule has 0 bridgehead atoms. The van der Waals surface area contributed by atoms with Crippen LogP contribution in [0, 0.1) is 0 Å². The summed E-state index contributed by atoms with van der Waals surface area (Å²) in [7, 11) is 0. The van der Waals surface area contributed by atoms with E-state index in [2.05, 4.69) is 5.32 Å². The highest BCUT2D eigenvalue weighted by molar-refractivity contribution is 6.31. The Morgan fingerprint density at radius 2 is 1.44 bits per heavy atom. The van der Waals surface area contributed by atoms with Crippen molar-refractivity contribution in [3.63, 3.8) is 0 Å². The van der Waals surface area contributed by atoms with Gasteiger partial charge >= 0.3 is 5.97 Å². The second-order valence-corrected chi connectivity index (χ2v) is 8.45. The molecule has 3 aromatic rings. The smallest absolute Gasteiger partial charge is 0.331 e. The lowest BCUT2D eigenvalue weighted by Crippen LogP contribution is -2.44. The zero-order valence-electron chi connectivity index (χ0n) is 16.3. The van der Waals surface area contributed by atoms with Gasteiger partial charge in [0.1, 0.15) is 6.04 Å². The Morgan fingerprint density at radius 3 is 2.03 bits per heavy atom. The SMILES string of the molecule is O=C(O)C(c1ccc(Cl)cc1)N1C(=O)c2ccc(Cl)cc2NC(=O)C1c1ccc(Cl)cc1. The summed E-state index contributed by atoms with van der Waals surface area (Å²) in [5.41, 5.74) is 1.02. The van der Waals surface area contributed by atoms with Crippen molar-refractivity contribution in [3.05, 3.63) is 98.5 Å². The lowest BCUT2D eigenvalue weighted by atomic mass is 9.98. The number of fused-ring (bicyclic) bond motifs is 1. The maximum atomic E-state index is 13.7. The van der Waals surface area contributed by atoms with Gasteiger partial charge in [0.05, 0.1) is 11.3 Å². The summed E-state index contributed by atoms with van der Waals surface area (Å²) < 4.78 is 0. The first-order valence-corrected chi connectivity index (χ1v) is 10.6. The van der Waals surface area contributed by atoms with Gasteiger partial charge in [-0.15, -0.1) is 0 Å². The lowest BCUT2D eigenvalue weighted by molar-refractivity contribution is -0.144. The monoisotopic (exact) mass is 488 g/mol. The maximum Gasteiger partial charge on any atom is 0.331 e. The van der Waals surface area contributed by atoms with Gasteiger partial charge in [-0.3, -0.25) is 9.59 Å². The zero-order chi connectivity index (χ0) is 23.0. The number of nitrogens with zero attached hydrogens (tertiary/aromatic N) is 1. The minimum atomic E-state index is -1.46. The highest BCUT2D eigenvalue weighted by Gasteiger charge is 2.43. The van der Waals surface area contributed by atoms with Crippen molar-refractivity contribution < 1.29 is 19.5 Å². The first kappa shape index (κ1) is 22.1. The molecule has 2 unspecified atom stereocenters. The molecule has 0 aliphatic carbocycles. The standard InChI is InChI=1S/C23H15Cl3N2O4/c24-14-5-1-12(2-6-14)19-21(29)27-18-11-16(26)9-10-17(18)22(30)28(19)20(23(31)32)13-3-7-15(25)8-4-13/h1-11,19-20H,(H,27,29)(H,31,32). The number of nitrogens with one attached hydrogen (secondary N) is 1. The van der Waals surface area contributed by atoms with Gasteiger partial charge in [-0.2, -0.15) is 0 Å². The quantitative estimate of drug-likeness (QED) is 0.499. The Kier molecular flexibility index (Phi) is 6.11. The first-order chi connectivity index (χ1) is 15.3. The third-order valence-electron chi connectivity index (χ3n) is 5.11. The van der Waals surface area contributed by atoms with Crippen LogP contribution in [0.3, 0.4) is 0 Å². The van der Waals surface area contributed by atoms with E-state index < -0.39 is 29.9 Å². The molecule has 32 heavy (non-hydrogen) atoms. The van der Waals surface area contributed by atoms with Crippen molar-refractivity contribution in [1.82, 2.24) is 4.90 Å². The Hall–Kier alpha value is -3.06. The number of carboxylic acid groups (broad SMARTS) is 1. The average molecular weight is 490 g/mol. The largest absolute Gasteiger partial charge is 0.479 e. The second kappa shape index (κ2) is 8.82. The molecular weight excluding hydrogens is 475 g/mol. The Labute approximate surface area is 198 Å². The van der Waals surface area contributed by atoms with E-state index in [9.17, 15) is 19.5 Å². The molecule has 1 heterocycles. The van der Waals surface area contributed by atoms with Gasteiger partial charge in [0.2, 0.25) is 0 Å². The highest BCUT2D eigenvalue weighted by atomic mass is 35.5. The molecule has 1 aliphatic rings. The summed E-state index contributed by atoms with van der Waals surface area (Å²) >= 11 is 18.0. The number of halogens is 3. The van der Waals surface area contributed by atoms with Crippen LogP contribution in [-0.2, 0) is 9.59 Å². The van der Waals surface area contributed by atoms with E-state index in [1.165, 1.54) is 42.5 Å². The van der Waals surface area contributed by atoms with E-state index in [1.54, 1.807) is 24.3 Å². The summed E-state index contributed by atoms with van der Waals surface area (Å²) in [4.78, 5) is 40.6. The number of aliphatic carboxylic acids is 1. The summed E-state index contributed by atoms with van der Waals surface area (Å²) in [5.74, 6) is -2.52. The van der Waals surface area contributed by atoms with Crippen molar-refractivity contribution in [3.8, 4) is 0 Å². The molecule has 4 rings (SSSR count). The Morgan fingerprint density at radius 1 is 0.875 bits per heavy atom. The number of carbonyl (C=O) groups is 3. The van der Waals surface area contributed by atoms with Crippen LogP contribution in [0.5, 0.6) is 0 Å². The topological polar surface area (TPSA) is 86.7 Å². The molecule has 1 aliphatic heterocycles. The van der Waals surface area contributed by atoms with E-state index in [-0.39, 0.29) is 11.3 Å². The molecule has 0 radical (unpaired) electrons. The van der Waals surface area contributed by atoms with Gasteiger partial charge in [0, 0.05) is 15.1 Å². The number of carboxylic acids is 1. The van der Waals surface area contributed by atoms with Gasteiger partial charge in [-0.1, -0.05) is 59.1 Å². The molecule has 9 heteroatoms. The summed E-state index contributed by atoms with van der Waals surface area (Å²) in [6.07, 6.45) is 0. The van der Waals surface area contributed by atoms with E-state index >= 15 is 0 Å². The molecule has 2 atom stereocenters. The molecule has 2 amide bonds. The third-order valence-corrected chi connectivity index (χ3v) is 5.85. The van der Waals surface area contributed by atoms with Crippen LogP contribution in [-0.4, -0.2) is 27.8 Å². The predicted octanol–water partition coefficient (Wildman–Crippen LogP) is 5.61. The highest BCUT2D eigenvalue weighted by Crippen LogP contribution is 2.38. The second-order valence-electron chi connectivity index (χ2n) is 7.14. The predicted molar refractivity (Wildman–Crippen MR) is 122 cm³/mol. The van der Waals surface area contributed by atoms with Crippen molar-refractivity contribution in [2.45, 2.75) is 12.1 Å². The van der Waals surface area contributed by atoms with E-state index in [1.807, 2.05) is 0 Å². The number of hydrogen-bond donors (Lipinski definition) is 2. The maximum absolute atomic E-state index is 13.7. The Balaban J connectivity index is 1.95. The zero-order valence-corrected chi connectivity index (χ0v) is 18.5. The number of anilines is 1. The van der Waals surface area contributed by atoms with Crippen LogP contribution in [0.2, 0.25) is 15.1 Å². The molecule has 3 aromatic carbocycles. The van der Waals surface area contributed by atoms with Crippen molar-refractivity contribution in [2.75, 3.05) is 5.32 Å². The van der Waals surface area contributed by atoms with Crippen LogP contribution in [0.1, 0.15) is 33.6 Å². The molecule has 0 aromatic heterocycles. The van der Waals surface area contributed by atoms with Crippen LogP contribution >= 0.6 is 34.8 Å². The summed E-state index contributed by atoms with van der Waals surface area (Å²) in [6.45, 7) is 0. The van der Waals surface area contributed by atoms with Crippen LogP contribution in [0.25, 0.3) is 0 Å². The van der Waals surface area contributed by atoms with Gasteiger partial charge in [-0.25, -0.2) is 4.79 Å². The Bertz CT molecular complexity index is 1210. The molecule has 0 saturated heterocycles. The number of amides is 2. The van der Waals surface area contributed by atoms with Gasteiger partial charge in [0.15, 0.2) is 6.04 Å². The minimum Gasteiger partial charge on any atom is -0.479 e. The molecule has 0 saturated carbocycles. The van der Waals surface area contributed by atoms with Crippen LogP contribution in [0.4, 0.5) is 5.69 Å². The fourth-order valence-electron chi connectivity index (χ4n) is 3.68. The molecule has 2 N–H and O–H groups in total. The van der Waals surface area contributed by atoms with E-state index in [0.717, 1.165) is 4.90 Å². The molecule has 0 fully saturated rings.